The Balaban J connectivity index is 1.44. The molecule has 2 N–H and O–H groups in total. The number of carbonyl (C=O) groups is 4. The number of piperidine rings is 2. The van der Waals surface area contributed by atoms with Gasteiger partial charge in [-0.25, -0.2) is 0 Å². The zero-order valence-electron chi connectivity index (χ0n) is 12.6. The first kappa shape index (κ1) is 14.4. The molecule has 0 radical (unpaired) electrons. The Kier molecular flexibility index (Phi) is 3.08. The van der Waals surface area contributed by atoms with Crippen molar-refractivity contribution in [2.75, 3.05) is 0 Å². The number of primary amides is 1. The predicted octanol–water partition coefficient (Wildman–Crippen LogP) is -0.794. The van der Waals surface area contributed by atoms with Gasteiger partial charge in [-0.3, -0.25) is 14.4 Å². The van der Waals surface area contributed by atoms with E-state index in [9.17, 15) is 19.2 Å². The van der Waals surface area contributed by atoms with E-state index in [2.05, 4.69) is 0 Å². The summed E-state index contributed by atoms with van der Waals surface area (Å²) in [7, 11) is 0. The minimum absolute atomic E-state index is 0.0853. The smallest absolute Gasteiger partial charge is 0.247 e. The van der Waals surface area contributed by atoms with Crippen LogP contribution >= 0.6 is 0 Å². The summed E-state index contributed by atoms with van der Waals surface area (Å²) < 4.78 is 0. The molecule has 0 spiro atoms. The van der Waals surface area contributed by atoms with Crippen molar-refractivity contribution in [3.8, 4) is 0 Å². The van der Waals surface area contributed by atoms with Gasteiger partial charge in [0.2, 0.25) is 17.7 Å². The van der Waals surface area contributed by atoms with Crippen LogP contribution in [0.3, 0.4) is 0 Å². The van der Waals surface area contributed by atoms with Crippen molar-refractivity contribution in [1.82, 2.24) is 9.80 Å². The van der Waals surface area contributed by atoms with Crippen LogP contribution in [0.4, 0.5) is 0 Å². The van der Waals surface area contributed by atoms with Gasteiger partial charge in [-0.1, -0.05) is 0 Å². The molecule has 3 amide bonds. The molecule has 23 heavy (non-hydrogen) atoms. The second kappa shape index (κ2) is 4.91. The number of likely N-dealkylation sites (tertiary alicyclic amines) is 2. The highest BCUT2D eigenvalue weighted by Crippen LogP contribution is 2.48. The summed E-state index contributed by atoms with van der Waals surface area (Å²) >= 11 is 0. The van der Waals surface area contributed by atoms with Gasteiger partial charge < -0.3 is 20.3 Å². The summed E-state index contributed by atoms with van der Waals surface area (Å²) in [6.07, 6.45) is 6.44. The summed E-state index contributed by atoms with van der Waals surface area (Å²) in [5.74, 6) is -0.343. The Morgan fingerprint density at radius 1 is 0.870 bits per heavy atom. The fourth-order valence-electron chi connectivity index (χ4n) is 4.29. The lowest BCUT2D eigenvalue weighted by molar-refractivity contribution is -0.135. The predicted molar refractivity (Wildman–Crippen MR) is 78.7 cm³/mol. The maximum atomic E-state index is 12.4. The molecule has 2 saturated carbocycles. The lowest BCUT2D eigenvalue weighted by atomic mass is 10.1. The third-order valence-corrected chi connectivity index (χ3v) is 5.61. The van der Waals surface area contributed by atoms with Crippen molar-refractivity contribution in [2.24, 2.45) is 17.6 Å². The monoisotopic (exact) mass is 317 g/mol. The van der Waals surface area contributed by atoms with Gasteiger partial charge in [0.05, 0.1) is 6.04 Å². The van der Waals surface area contributed by atoms with Crippen LogP contribution in [0, 0.1) is 11.8 Å². The van der Waals surface area contributed by atoms with Crippen LogP contribution in [-0.2, 0) is 19.2 Å². The van der Waals surface area contributed by atoms with E-state index in [1.165, 1.54) is 17.1 Å². The maximum Gasteiger partial charge on any atom is 0.247 e. The van der Waals surface area contributed by atoms with Crippen LogP contribution < -0.4 is 5.73 Å². The number of hydrogen-bond acceptors (Lipinski definition) is 4. The molecule has 0 aromatic heterocycles. The summed E-state index contributed by atoms with van der Waals surface area (Å²) in [4.78, 5) is 50.2. The molecule has 0 aromatic carbocycles. The van der Waals surface area contributed by atoms with Gasteiger partial charge in [0.25, 0.3) is 0 Å². The average molecular weight is 317 g/mol. The zero-order valence-corrected chi connectivity index (χ0v) is 12.6. The first-order valence-corrected chi connectivity index (χ1v) is 8.08. The molecule has 122 valence electrons. The highest BCUT2D eigenvalue weighted by atomic mass is 16.2. The van der Waals surface area contributed by atoms with Gasteiger partial charge >= 0.3 is 0 Å². The SMILES string of the molecule is NC(=O)[C@@H]1C[C@@H]2C[C@@H]2N1C(=O)/C=C/C(=O)N1[C@H](C=O)C[C@@H]2C[C@@H]21. The minimum Gasteiger partial charge on any atom is -0.368 e. The van der Waals surface area contributed by atoms with Crippen LogP contribution in [0.15, 0.2) is 12.2 Å². The number of amides is 3. The molecule has 4 rings (SSSR count). The largest absolute Gasteiger partial charge is 0.368 e. The Morgan fingerprint density at radius 3 is 2.04 bits per heavy atom. The number of nitrogens with two attached hydrogens (primary N) is 1. The van der Waals surface area contributed by atoms with Crippen molar-refractivity contribution in [3.63, 3.8) is 0 Å². The Hall–Kier alpha value is -2.18. The van der Waals surface area contributed by atoms with E-state index in [1.807, 2.05) is 0 Å². The summed E-state index contributed by atoms with van der Waals surface area (Å²) in [5.41, 5.74) is 5.35. The number of nitrogens with zero attached hydrogens (tertiary/aromatic N) is 2. The molecule has 4 fully saturated rings. The van der Waals surface area contributed by atoms with E-state index in [1.54, 1.807) is 4.90 Å². The topological polar surface area (TPSA) is 101 Å². The molecule has 2 saturated heterocycles. The quantitative estimate of drug-likeness (QED) is 0.542. The molecular formula is C16H19N3O4. The molecule has 2 aliphatic carbocycles. The highest BCUT2D eigenvalue weighted by molar-refractivity contribution is 6.00. The van der Waals surface area contributed by atoms with Gasteiger partial charge in [0.15, 0.2) is 0 Å². The molecule has 0 unspecified atom stereocenters. The average Bonchev–Trinajstić information content (AvgIpc) is 3.40. The van der Waals surface area contributed by atoms with Crippen molar-refractivity contribution in [2.45, 2.75) is 49.9 Å². The van der Waals surface area contributed by atoms with E-state index >= 15 is 0 Å². The van der Waals surface area contributed by atoms with E-state index in [0.29, 0.717) is 18.3 Å². The van der Waals surface area contributed by atoms with Gasteiger partial charge in [-0.15, -0.1) is 0 Å². The van der Waals surface area contributed by atoms with Crippen molar-refractivity contribution in [3.05, 3.63) is 12.2 Å². The van der Waals surface area contributed by atoms with Gasteiger partial charge in [0.1, 0.15) is 12.3 Å². The lowest BCUT2D eigenvalue weighted by Gasteiger charge is -2.24. The first-order chi connectivity index (χ1) is 11.0. The zero-order chi connectivity index (χ0) is 16.3. The third kappa shape index (κ3) is 2.26. The van der Waals surface area contributed by atoms with Crippen LogP contribution in [0.5, 0.6) is 0 Å². The van der Waals surface area contributed by atoms with Gasteiger partial charge in [0, 0.05) is 24.2 Å². The fourth-order valence-corrected chi connectivity index (χ4v) is 4.29. The van der Waals surface area contributed by atoms with Crippen molar-refractivity contribution < 1.29 is 19.2 Å². The first-order valence-electron chi connectivity index (χ1n) is 8.08. The van der Waals surface area contributed by atoms with Crippen molar-refractivity contribution >= 4 is 24.0 Å². The number of fused-ring (bicyclic) bond motifs is 2. The van der Waals surface area contributed by atoms with Crippen LogP contribution in [0.2, 0.25) is 0 Å². The summed E-state index contributed by atoms with van der Waals surface area (Å²) in [6.45, 7) is 0. The molecule has 4 aliphatic rings. The Bertz CT molecular complexity index is 631. The molecular weight excluding hydrogens is 298 g/mol. The van der Waals surface area contributed by atoms with E-state index < -0.39 is 11.9 Å². The molecule has 6 atom stereocenters. The summed E-state index contributed by atoms with van der Waals surface area (Å²) in [6, 6.07) is -0.699. The second-order valence-electron chi connectivity index (χ2n) is 7.04. The number of aldehydes is 1. The van der Waals surface area contributed by atoms with E-state index in [-0.39, 0.29) is 29.9 Å². The minimum atomic E-state index is -0.562. The van der Waals surface area contributed by atoms with Gasteiger partial charge in [-0.2, -0.15) is 0 Å². The normalized spacial score (nSPS) is 40.0. The molecule has 2 aliphatic heterocycles. The van der Waals surface area contributed by atoms with Crippen LogP contribution in [0.1, 0.15) is 25.7 Å². The molecule has 0 aromatic rings. The number of carbonyl (C=O) groups excluding carboxylic acids is 4. The number of rotatable bonds is 4. The fraction of sp³-hybridized carbons (Fsp3) is 0.625. The molecule has 2 heterocycles. The van der Waals surface area contributed by atoms with Crippen LogP contribution in [0.25, 0.3) is 0 Å². The Morgan fingerprint density at radius 2 is 1.43 bits per heavy atom. The summed E-state index contributed by atoms with van der Waals surface area (Å²) in [5, 5.41) is 0. The number of hydrogen-bond donors (Lipinski definition) is 1. The van der Waals surface area contributed by atoms with Crippen molar-refractivity contribution in [1.29, 1.82) is 0 Å². The van der Waals surface area contributed by atoms with E-state index in [4.69, 9.17) is 5.73 Å². The molecule has 7 heteroatoms. The Labute approximate surface area is 133 Å². The molecule has 0 bridgehead atoms. The van der Waals surface area contributed by atoms with Crippen LogP contribution in [-0.4, -0.2) is 58.0 Å². The third-order valence-electron chi connectivity index (χ3n) is 5.61. The van der Waals surface area contributed by atoms with E-state index in [0.717, 1.165) is 25.5 Å². The van der Waals surface area contributed by atoms with Gasteiger partial charge in [-0.05, 0) is 37.5 Å². The highest BCUT2D eigenvalue weighted by Gasteiger charge is 2.55. The maximum absolute atomic E-state index is 12.4. The lowest BCUT2D eigenvalue weighted by Crippen LogP contribution is -2.45. The standard InChI is InChI=1S/C16H19N3O4/c17-16(23)13-6-9-5-12(9)19(13)15(22)2-1-14(21)18-10(7-20)3-8-4-11(8)18/h1-2,7-13H,3-6H2,(H2,17,23)/b2-1+/t8-,9+,10+,11+,12+,13+/m1/s1. The molecule has 7 nitrogen and oxygen atoms in total. The second-order valence-corrected chi connectivity index (χ2v) is 7.04.